The van der Waals surface area contributed by atoms with Crippen molar-refractivity contribution in [3.63, 3.8) is 0 Å². The molecule has 0 saturated carbocycles. The van der Waals surface area contributed by atoms with Gasteiger partial charge in [0.25, 0.3) is 0 Å². The van der Waals surface area contributed by atoms with Gasteiger partial charge in [-0.15, -0.1) is 0 Å². The second-order valence-electron chi connectivity index (χ2n) is 3.22. The molecule has 1 rings (SSSR count). The number of rotatable bonds is 6. The van der Waals surface area contributed by atoms with Crippen LogP contribution in [0.3, 0.4) is 0 Å². The number of hydrogen-bond donors (Lipinski definition) is 1. The summed E-state index contributed by atoms with van der Waals surface area (Å²) in [6.07, 6.45) is 0.206. The molecular formula is C12H18O3. The molecule has 1 aromatic rings. The maximum atomic E-state index is 9.75. The Balaban J connectivity index is 2.68. The molecule has 15 heavy (non-hydrogen) atoms. The highest BCUT2D eigenvalue weighted by atomic mass is 16.7. The molecule has 0 saturated heterocycles. The number of benzene rings is 1. The summed E-state index contributed by atoms with van der Waals surface area (Å²) in [5.74, 6) is 0.695. The summed E-state index contributed by atoms with van der Waals surface area (Å²) in [6, 6.07) is 7.48. The predicted octanol–water partition coefficient (Wildman–Crippen LogP) is 2.50. The van der Waals surface area contributed by atoms with Gasteiger partial charge < -0.3 is 14.6 Å². The van der Waals surface area contributed by atoms with Crippen molar-refractivity contribution in [1.82, 2.24) is 0 Å². The van der Waals surface area contributed by atoms with E-state index in [0.717, 1.165) is 5.56 Å². The Morgan fingerprint density at radius 3 is 2.67 bits per heavy atom. The maximum Gasteiger partial charge on any atom is 0.189 e. The topological polar surface area (TPSA) is 38.7 Å². The van der Waals surface area contributed by atoms with Gasteiger partial charge in [0.2, 0.25) is 0 Å². The molecule has 0 bridgehead atoms. The van der Waals surface area contributed by atoms with Crippen molar-refractivity contribution in [2.45, 2.75) is 26.4 Å². The molecule has 0 fully saturated rings. The molecular weight excluding hydrogens is 192 g/mol. The average Bonchev–Trinajstić information content (AvgIpc) is 2.29. The molecule has 0 aliphatic carbocycles. The third kappa shape index (κ3) is 3.53. The zero-order chi connectivity index (χ0) is 11.1. The molecule has 1 atom stereocenters. The minimum Gasteiger partial charge on any atom is -0.467 e. The van der Waals surface area contributed by atoms with Crippen LogP contribution < -0.4 is 4.74 Å². The minimum absolute atomic E-state index is 0.226. The van der Waals surface area contributed by atoms with Crippen molar-refractivity contribution in [3.8, 4) is 5.75 Å². The van der Waals surface area contributed by atoms with Crippen molar-refractivity contribution < 1.29 is 14.6 Å². The number of ether oxygens (including phenoxy) is 2. The van der Waals surface area contributed by atoms with Crippen molar-refractivity contribution in [2.75, 3.05) is 13.4 Å². The lowest BCUT2D eigenvalue weighted by molar-refractivity contribution is 0.0201. The number of aliphatic hydroxyl groups is 1. The Morgan fingerprint density at radius 2 is 2.00 bits per heavy atom. The summed E-state index contributed by atoms with van der Waals surface area (Å²) in [7, 11) is 0. The van der Waals surface area contributed by atoms with Gasteiger partial charge in [-0.2, -0.15) is 0 Å². The zero-order valence-corrected chi connectivity index (χ0v) is 9.27. The van der Waals surface area contributed by atoms with Gasteiger partial charge in [-0.3, -0.25) is 0 Å². The van der Waals surface area contributed by atoms with E-state index in [0.29, 0.717) is 18.8 Å². The van der Waals surface area contributed by atoms with Crippen LogP contribution in [0.2, 0.25) is 0 Å². The quantitative estimate of drug-likeness (QED) is 0.579. The molecule has 0 aromatic heterocycles. The molecule has 1 aromatic carbocycles. The standard InChI is InChI=1S/C12H18O3/c1-3-11(13)10-7-5-6-8-12(10)15-9-14-4-2/h5-8,11,13H,3-4,9H2,1-2H3. The van der Waals surface area contributed by atoms with Gasteiger partial charge in [0.15, 0.2) is 6.79 Å². The van der Waals surface area contributed by atoms with Crippen LogP contribution in [0, 0.1) is 0 Å². The Kier molecular flexibility index (Phi) is 5.15. The zero-order valence-electron chi connectivity index (χ0n) is 9.27. The lowest BCUT2D eigenvalue weighted by Gasteiger charge is -2.14. The van der Waals surface area contributed by atoms with Crippen LogP contribution >= 0.6 is 0 Å². The summed E-state index contributed by atoms with van der Waals surface area (Å²) < 4.78 is 10.5. The molecule has 0 radical (unpaired) electrons. The molecule has 1 N–H and O–H groups in total. The number of para-hydroxylation sites is 1. The third-order valence-corrected chi connectivity index (χ3v) is 2.17. The SMILES string of the molecule is CCOCOc1ccccc1C(O)CC. The first-order valence-corrected chi connectivity index (χ1v) is 5.27. The van der Waals surface area contributed by atoms with E-state index < -0.39 is 6.10 Å². The van der Waals surface area contributed by atoms with Crippen LogP contribution in [-0.2, 0) is 4.74 Å². The fourth-order valence-electron chi connectivity index (χ4n) is 1.30. The Hall–Kier alpha value is -1.06. The highest BCUT2D eigenvalue weighted by Crippen LogP contribution is 2.26. The third-order valence-electron chi connectivity index (χ3n) is 2.17. The van der Waals surface area contributed by atoms with Gasteiger partial charge in [0.05, 0.1) is 6.10 Å². The fourth-order valence-corrected chi connectivity index (χ4v) is 1.30. The number of aliphatic hydroxyl groups excluding tert-OH is 1. The highest BCUT2D eigenvalue weighted by Gasteiger charge is 2.10. The normalized spacial score (nSPS) is 12.5. The molecule has 0 spiro atoms. The molecule has 0 amide bonds. The van der Waals surface area contributed by atoms with E-state index in [1.807, 2.05) is 38.1 Å². The predicted molar refractivity (Wildman–Crippen MR) is 58.8 cm³/mol. The van der Waals surface area contributed by atoms with Crippen LogP contribution in [0.25, 0.3) is 0 Å². The van der Waals surface area contributed by atoms with Gasteiger partial charge in [-0.25, -0.2) is 0 Å². The van der Waals surface area contributed by atoms with Crippen LogP contribution in [0.15, 0.2) is 24.3 Å². The van der Waals surface area contributed by atoms with E-state index in [1.54, 1.807) is 0 Å². The van der Waals surface area contributed by atoms with Gasteiger partial charge in [0, 0.05) is 12.2 Å². The van der Waals surface area contributed by atoms with E-state index in [9.17, 15) is 5.11 Å². The fraction of sp³-hybridized carbons (Fsp3) is 0.500. The van der Waals surface area contributed by atoms with Crippen molar-refractivity contribution in [1.29, 1.82) is 0 Å². The molecule has 3 heteroatoms. The molecule has 3 nitrogen and oxygen atoms in total. The van der Waals surface area contributed by atoms with Gasteiger partial charge >= 0.3 is 0 Å². The summed E-state index contributed by atoms with van der Waals surface area (Å²) in [5.41, 5.74) is 0.819. The van der Waals surface area contributed by atoms with Crippen LogP contribution in [0.4, 0.5) is 0 Å². The second kappa shape index (κ2) is 6.43. The lowest BCUT2D eigenvalue weighted by Crippen LogP contribution is -2.06. The van der Waals surface area contributed by atoms with E-state index in [2.05, 4.69) is 0 Å². The van der Waals surface area contributed by atoms with Crippen molar-refractivity contribution in [3.05, 3.63) is 29.8 Å². The molecule has 84 valence electrons. The number of hydrogen-bond acceptors (Lipinski definition) is 3. The average molecular weight is 210 g/mol. The Morgan fingerprint density at radius 1 is 1.27 bits per heavy atom. The van der Waals surface area contributed by atoms with E-state index in [1.165, 1.54) is 0 Å². The van der Waals surface area contributed by atoms with Crippen LogP contribution in [0.5, 0.6) is 5.75 Å². The summed E-state index contributed by atoms with van der Waals surface area (Å²) in [5, 5.41) is 9.75. The van der Waals surface area contributed by atoms with E-state index in [4.69, 9.17) is 9.47 Å². The largest absolute Gasteiger partial charge is 0.467 e. The van der Waals surface area contributed by atoms with Crippen LogP contribution in [0.1, 0.15) is 31.9 Å². The van der Waals surface area contributed by atoms with Crippen molar-refractivity contribution in [2.24, 2.45) is 0 Å². The molecule has 1 unspecified atom stereocenters. The van der Waals surface area contributed by atoms with E-state index in [-0.39, 0.29) is 6.79 Å². The van der Waals surface area contributed by atoms with E-state index >= 15 is 0 Å². The molecule has 0 aliphatic rings. The monoisotopic (exact) mass is 210 g/mol. The van der Waals surface area contributed by atoms with Gasteiger partial charge in [-0.05, 0) is 19.4 Å². The summed E-state index contributed by atoms with van der Waals surface area (Å²) >= 11 is 0. The summed E-state index contributed by atoms with van der Waals surface area (Å²) in [4.78, 5) is 0. The molecule has 0 heterocycles. The molecule has 0 aliphatic heterocycles. The first kappa shape index (κ1) is 12.0. The lowest BCUT2D eigenvalue weighted by atomic mass is 10.1. The highest BCUT2D eigenvalue weighted by molar-refractivity contribution is 5.34. The summed E-state index contributed by atoms with van der Waals surface area (Å²) in [6.45, 7) is 4.70. The van der Waals surface area contributed by atoms with Gasteiger partial charge in [-0.1, -0.05) is 25.1 Å². The smallest absolute Gasteiger partial charge is 0.189 e. The second-order valence-corrected chi connectivity index (χ2v) is 3.22. The van der Waals surface area contributed by atoms with Crippen molar-refractivity contribution >= 4 is 0 Å². The first-order valence-electron chi connectivity index (χ1n) is 5.27. The maximum absolute atomic E-state index is 9.75. The van der Waals surface area contributed by atoms with Gasteiger partial charge in [0.1, 0.15) is 5.75 Å². The minimum atomic E-state index is -0.470. The first-order chi connectivity index (χ1) is 7.29. The Bertz CT molecular complexity index is 286. The Labute approximate surface area is 90.6 Å². The van der Waals surface area contributed by atoms with Crippen LogP contribution in [-0.4, -0.2) is 18.5 Å².